The molecule has 1 saturated carbocycles. The van der Waals surface area contributed by atoms with Crippen molar-refractivity contribution in [1.82, 2.24) is 9.88 Å². The molecule has 0 spiro atoms. The number of benzene rings is 2. The van der Waals surface area contributed by atoms with Crippen LogP contribution in [0.5, 0.6) is 11.5 Å². The minimum Gasteiger partial charge on any atom is -0.510 e. The van der Waals surface area contributed by atoms with Crippen molar-refractivity contribution in [2.24, 2.45) is 11.3 Å². The Morgan fingerprint density at radius 1 is 1.10 bits per heavy atom. The van der Waals surface area contributed by atoms with Gasteiger partial charge < -0.3 is 19.5 Å². The van der Waals surface area contributed by atoms with E-state index in [9.17, 15) is 5.11 Å². The monoisotopic (exact) mass is 585 g/mol. The molecule has 0 saturated heterocycles. The summed E-state index contributed by atoms with van der Waals surface area (Å²) in [5.74, 6) is 3.01. The summed E-state index contributed by atoms with van der Waals surface area (Å²) in [6.45, 7) is 10.6. The zero-order valence-electron chi connectivity index (χ0n) is 25.7. The maximum absolute atomic E-state index is 11.1. The number of thiazole rings is 1. The second-order valence-electron chi connectivity index (χ2n) is 13.2. The van der Waals surface area contributed by atoms with Crippen LogP contribution in [0.25, 0.3) is 16.8 Å². The SMILES string of the molecule is COc1ccc(-c2csc(C3=C(O)CN(C[C@]4(C)CCC[C@]5(C)c6ccc(C(C)C)cc6CCC45)C3=N)n2)cc1OC. The van der Waals surface area contributed by atoms with Gasteiger partial charge in [0.05, 0.1) is 32.0 Å². The van der Waals surface area contributed by atoms with Gasteiger partial charge in [-0.25, -0.2) is 4.98 Å². The van der Waals surface area contributed by atoms with E-state index in [0.717, 1.165) is 30.6 Å². The van der Waals surface area contributed by atoms with Crippen LogP contribution in [-0.4, -0.2) is 48.1 Å². The van der Waals surface area contributed by atoms with E-state index in [2.05, 4.69) is 50.8 Å². The fourth-order valence-electron chi connectivity index (χ4n) is 8.14. The number of aliphatic hydroxyl groups excluding tert-OH is 1. The van der Waals surface area contributed by atoms with Gasteiger partial charge in [-0.3, -0.25) is 5.41 Å². The van der Waals surface area contributed by atoms with Gasteiger partial charge in [-0.1, -0.05) is 52.3 Å². The van der Waals surface area contributed by atoms with Crippen molar-refractivity contribution in [3.05, 3.63) is 69.2 Å². The third-order valence-electron chi connectivity index (χ3n) is 10.3. The molecule has 1 fully saturated rings. The molecule has 1 aliphatic heterocycles. The summed E-state index contributed by atoms with van der Waals surface area (Å²) < 4.78 is 10.9. The maximum Gasteiger partial charge on any atom is 0.161 e. The van der Waals surface area contributed by atoms with Crippen LogP contribution >= 0.6 is 11.3 Å². The smallest absolute Gasteiger partial charge is 0.161 e. The van der Waals surface area contributed by atoms with E-state index in [-0.39, 0.29) is 16.6 Å². The normalized spacial score (nSPS) is 25.5. The Kier molecular flexibility index (Phi) is 7.37. The lowest BCUT2D eigenvalue weighted by atomic mass is 9.49. The molecule has 6 rings (SSSR count). The summed E-state index contributed by atoms with van der Waals surface area (Å²) in [7, 11) is 3.24. The highest BCUT2D eigenvalue weighted by molar-refractivity contribution is 7.11. The summed E-state index contributed by atoms with van der Waals surface area (Å²) in [5, 5.41) is 23.0. The Bertz CT molecular complexity index is 1560. The number of ether oxygens (including phenoxy) is 2. The first-order valence-corrected chi connectivity index (χ1v) is 16.0. The number of hydrogen-bond acceptors (Lipinski definition) is 6. The average molecular weight is 586 g/mol. The standard InChI is InChI=1S/C35H43N3O3S/c1-21(2)22-8-11-25-23(16-22)10-13-30-34(3,14-7-15-35(25,30)4)20-38-18-27(39)31(32(38)36)33-37-26(19-42-33)24-9-12-28(40-5)29(17-24)41-6/h8-9,11-12,16-17,19,21,30,36,39H,7,10,13-15,18,20H2,1-6H3/t30?,34-,35+/m0/s1. The van der Waals surface area contributed by atoms with Crippen LogP contribution < -0.4 is 9.47 Å². The van der Waals surface area contributed by atoms with Crippen molar-refractivity contribution in [1.29, 1.82) is 5.41 Å². The molecule has 0 amide bonds. The van der Waals surface area contributed by atoms with Gasteiger partial charge in [0, 0.05) is 17.5 Å². The van der Waals surface area contributed by atoms with Crippen molar-refractivity contribution >= 4 is 22.7 Å². The van der Waals surface area contributed by atoms with Gasteiger partial charge in [-0.2, -0.15) is 0 Å². The van der Waals surface area contributed by atoms with Crippen molar-refractivity contribution < 1.29 is 14.6 Å². The lowest BCUT2D eigenvalue weighted by Crippen LogP contribution is -2.53. The summed E-state index contributed by atoms with van der Waals surface area (Å²) in [4.78, 5) is 6.94. The van der Waals surface area contributed by atoms with E-state index in [1.54, 1.807) is 14.2 Å². The second-order valence-corrected chi connectivity index (χ2v) is 14.1. The molecule has 1 unspecified atom stereocenters. The van der Waals surface area contributed by atoms with E-state index in [1.165, 1.54) is 47.3 Å². The highest BCUT2D eigenvalue weighted by Gasteiger charge is 2.52. The van der Waals surface area contributed by atoms with Gasteiger partial charge in [-0.15, -0.1) is 11.3 Å². The molecular weight excluding hydrogens is 542 g/mol. The van der Waals surface area contributed by atoms with E-state index in [4.69, 9.17) is 19.9 Å². The van der Waals surface area contributed by atoms with Crippen molar-refractivity contribution in [2.75, 3.05) is 27.3 Å². The van der Waals surface area contributed by atoms with Crippen LogP contribution in [0.2, 0.25) is 0 Å². The number of nitrogens with zero attached hydrogens (tertiary/aromatic N) is 2. The Hall–Kier alpha value is -3.32. The summed E-state index contributed by atoms with van der Waals surface area (Å²) in [6, 6.07) is 13.0. The molecule has 2 aliphatic carbocycles. The van der Waals surface area contributed by atoms with Gasteiger partial charge >= 0.3 is 0 Å². The highest BCUT2D eigenvalue weighted by Crippen LogP contribution is 2.58. The Morgan fingerprint density at radius 3 is 2.62 bits per heavy atom. The van der Waals surface area contributed by atoms with E-state index >= 15 is 0 Å². The molecule has 7 heteroatoms. The molecule has 2 heterocycles. The predicted octanol–water partition coefficient (Wildman–Crippen LogP) is 8.22. The molecule has 0 bridgehead atoms. The molecule has 42 heavy (non-hydrogen) atoms. The van der Waals surface area contributed by atoms with Gasteiger partial charge in [0.25, 0.3) is 0 Å². The molecule has 1 aromatic heterocycles. The van der Waals surface area contributed by atoms with Crippen LogP contribution in [0.3, 0.4) is 0 Å². The Morgan fingerprint density at radius 2 is 1.88 bits per heavy atom. The van der Waals surface area contributed by atoms with E-state index in [0.29, 0.717) is 46.3 Å². The number of amidine groups is 1. The Balaban J connectivity index is 1.23. The third-order valence-corrected chi connectivity index (χ3v) is 11.2. The third kappa shape index (κ3) is 4.70. The second kappa shape index (κ2) is 10.7. The first kappa shape index (κ1) is 28.8. The quantitative estimate of drug-likeness (QED) is 0.292. The number of hydrogen-bond donors (Lipinski definition) is 2. The zero-order valence-corrected chi connectivity index (χ0v) is 26.5. The van der Waals surface area contributed by atoms with Crippen LogP contribution in [-0.2, 0) is 11.8 Å². The number of fused-ring (bicyclic) bond motifs is 3. The number of aromatic nitrogens is 1. The minimum atomic E-state index is 0.0527. The topological polar surface area (TPSA) is 78.7 Å². The fraction of sp³-hybridized carbons (Fsp3) is 0.486. The summed E-state index contributed by atoms with van der Waals surface area (Å²) in [6.07, 6.45) is 5.84. The number of aliphatic hydroxyl groups is 1. The lowest BCUT2D eigenvalue weighted by Gasteiger charge is -2.56. The molecule has 0 radical (unpaired) electrons. The molecule has 3 atom stereocenters. The van der Waals surface area contributed by atoms with Crippen LogP contribution in [0.1, 0.15) is 81.0 Å². The summed E-state index contributed by atoms with van der Waals surface area (Å²) >= 11 is 1.46. The lowest BCUT2D eigenvalue weighted by molar-refractivity contribution is 0.0108. The Labute approximate surface area is 253 Å². The van der Waals surface area contributed by atoms with Gasteiger partial charge in [0.2, 0.25) is 0 Å². The number of rotatable bonds is 7. The van der Waals surface area contributed by atoms with Crippen LogP contribution in [0, 0.1) is 16.7 Å². The van der Waals surface area contributed by atoms with E-state index in [1.807, 2.05) is 23.6 Å². The van der Waals surface area contributed by atoms with E-state index < -0.39 is 0 Å². The molecule has 2 aromatic carbocycles. The molecular formula is C35H43N3O3S. The highest BCUT2D eigenvalue weighted by atomic mass is 32.1. The number of nitrogens with one attached hydrogen (secondary N) is 1. The first-order chi connectivity index (χ1) is 20.1. The molecule has 3 aliphatic rings. The van der Waals surface area contributed by atoms with Crippen molar-refractivity contribution in [2.45, 2.75) is 71.1 Å². The van der Waals surface area contributed by atoms with Gasteiger partial charge in [0.1, 0.15) is 16.6 Å². The van der Waals surface area contributed by atoms with Crippen LogP contribution in [0.4, 0.5) is 0 Å². The number of methoxy groups -OCH3 is 2. The van der Waals surface area contributed by atoms with Crippen molar-refractivity contribution in [3.63, 3.8) is 0 Å². The van der Waals surface area contributed by atoms with Crippen LogP contribution in [0.15, 0.2) is 47.5 Å². The largest absolute Gasteiger partial charge is 0.510 e. The fourth-order valence-corrected chi connectivity index (χ4v) is 9.03. The number of aryl methyl sites for hydroxylation is 1. The van der Waals surface area contributed by atoms with Crippen molar-refractivity contribution in [3.8, 4) is 22.8 Å². The minimum absolute atomic E-state index is 0.0527. The predicted molar refractivity (Wildman–Crippen MR) is 171 cm³/mol. The molecule has 2 N–H and O–H groups in total. The molecule has 222 valence electrons. The molecule has 3 aromatic rings. The maximum atomic E-state index is 11.1. The first-order valence-electron chi connectivity index (χ1n) is 15.2. The average Bonchev–Trinajstić information content (AvgIpc) is 3.55. The molecule has 6 nitrogen and oxygen atoms in total. The van der Waals surface area contributed by atoms with Gasteiger partial charge in [-0.05, 0) is 83.2 Å². The summed E-state index contributed by atoms with van der Waals surface area (Å²) in [5.41, 5.74) is 6.96. The van der Waals surface area contributed by atoms with Gasteiger partial charge in [0.15, 0.2) is 11.5 Å². The zero-order chi connectivity index (χ0) is 29.8.